The highest BCUT2D eigenvalue weighted by atomic mass is 19.4. The van der Waals surface area contributed by atoms with Crippen molar-refractivity contribution >= 4 is 29.2 Å². The first kappa shape index (κ1) is 29.5. The average Bonchev–Trinajstić information content (AvgIpc) is 3.72. The second-order valence-corrected chi connectivity index (χ2v) is 9.77. The number of fused-ring (bicyclic) bond motifs is 1. The third-order valence-corrected chi connectivity index (χ3v) is 6.89. The van der Waals surface area contributed by atoms with Crippen molar-refractivity contribution in [3.63, 3.8) is 0 Å². The first-order chi connectivity index (χ1) is 19.4. The molecule has 2 atom stereocenters. The number of carbonyl (C=O) groups excluding carboxylic acids is 2. The first-order valence-corrected chi connectivity index (χ1v) is 12.8. The van der Waals surface area contributed by atoms with Crippen LogP contribution in [0, 0.1) is 5.82 Å². The zero-order valence-electron chi connectivity index (χ0n) is 21.7. The van der Waals surface area contributed by atoms with E-state index in [9.17, 15) is 27.2 Å². The van der Waals surface area contributed by atoms with Crippen molar-refractivity contribution in [3.05, 3.63) is 94.8 Å². The summed E-state index contributed by atoms with van der Waals surface area (Å²) in [6.45, 7) is 1.41. The maximum absolute atomic E-state index is 13.1. The molecule has 5 N–H and O–H groups in total. The number of para-hydroxylation sites is 2. The lowest BCUT2D eigenvalue weighted by molar-refractivity contribution is -0.192. The summed E-state index contributed by atoms with van der Waals surface area (Å²) < 4.78 is 44.9. The van der Waals surface area contributed by atoms with E-state index in [4.69, 9.17) is 15.6 Å². The molecule has 0 radical (unpaired) electrons. The summed E-state index contributed by atoms with van der Waals surface area (Å²) in [6, 6.07) is 19.6. The Morgan fingerprint density at radius 1 is 1.00 bits per heavy atom. The number of nitrogens with zero attached hydrogens (tertiary/aromatic N) is 1. The Kier molecular flexibility index (Phi) is 8.92. The fourth-order valence-electron chi connectivity index (χ4n) is 4.55. The summed E-state index contributed by atoms with van der Waals surface area (Å²) in [6.07, 6.45) is -3.37. The Morgan fingerprint density at radius 3 is 2.34 bits per heavy atom. The molecule has 3 aromatic carbocycles. The van der Waals surface area contributed by atoms with Gasteiger partial charge in [0.15, 0.2) is 0 Å². The SMILES string of the molecule is Nc1ccccc1NC(=O)c1ccc2c(c1)CN(C(=O)CNC1CC1c1ccc(F)cc1)CC2.O=C(O)C(F)(F)F. The highest BCUT2D eigenvalue weighted by Crippen LogP contribution is 2.40. The molecular weight excluding hydrogens is 544 g/mol. The maximum atomic E-state index is 13.1. The third-order valence-electron chi connectivity index (χ3n) is 6.89. The van der Waals surface area contributed by atoms with Gasteiger partial charge in [0.05, 0.1) is 17.9 Å². The fourth-order valence-corrected chi connectivity index (χ4v) is 4.55. The van der Waals surface area contributed by atoms with Crippen molar-refractivity contribution in [3.8, 4) is 0 Å². The van der Waals surface area contributed by atoms with Gasteiger partial charge in [-0.15, -0.1) is 0 Å². The molecule has 0 spiro atoms. The lowest BCUT2D eigenvalue weighted by Crippen LogP contribution is -2.41. The van der Waals surface area contributed by atoms with Gasteiger partial charge in [-0.3, -0.25) is 9.59 Å². The quantitative estimate of drug-likeness (QED) is 0.258. The summed E-state index contributed by atoms with van der Waals surface area (Å²) in [7, 11) is 0. The molecule has 8 nitrogen and oxygen atoms in total. The van der Waals surface area contributed by atoms with E-state index in [1.807, 2.05) is 47.4 Å². The van der Waals surface area contributed by atoms with Gasteiger partial charge in [-0.1, -0.05) is 30.3 Å². The molecule has 3 aromatic rings. The predicted octanol–water partition coefficient (Wildman–Crippen LogP) is 4.32. The van der Waals surface area contributed by atoms with E-state index in [0.717, 1.165) is 29.5 Å². The van der Waals surface area contributed by atoms with E-state index in [1.165, 1.54) is 12.1 Å². The molecule has 1 fully saturated rings. The van der Waals surface area contributed by atoms with E-state index < -0.39 is 12.1 Å². The number of anilines is 2. The summed E-state index contributed by atoms with van der Waals surface area (Å²) in [5.41, 5.74) is 10.8. The van der Waals surface area contributed by atoms with Crippen molar-refractivity contribution in [1.29, 1.82) is 0 Å². The molecule has 12 heteroatoms. The molecule has 0 aromatic heterocycles. The second-order valence-electron chi connectivity index (χ2n) is 9.77. The zero-order valence-corrected chi connectivity index (χ0v) is 21.7. The molecule has 2 amide bonds. The Balaban J connectivity index is 0.000000493. The highest BCUT2D eigenvalue weighted by Gasteiger charge is 2.39. The molecule has 2 unspecified atom stereocenters. The van der Waals surface area contributed by atoms with Crippen molar-refractivity contribution in [2.75, 3.05) is 24.1 Å². The molecule has 1 saturated carbocycles. The maximum Gasteiger partial charge on any atom is 0.490 e. The van der Waals surface area contributed by atoms with Crippen LogP contribution in [0.15, 0.2) is 66.7 Å². The third kappa shape index (κ3) is 7.82. The number of rotatable bonds is 6. The van der Waals surface area contributed by atoms with E-state index in [-0.39, 0.29) is 30.2 Å². The number of nitrogens with one attached hydrogen (secondary N) is 2. The number of halogens is 4. The van der Waals surface area contributed by atoms with Gasteiger partial charge in [0.1, 0.15) is 5.82 Å². The Hall–Kier alpha value is -4.45. The predicted molar refractivity (Wildman–Crippen MR) is 144 cm³/mol. The van der Waals surface area contributed by atoms with Gasteiger partial charge < -0.3 is 26.4 Å². The van der Waals surface area contributed by atoms with Crippen molar-refractivity contribution in [2.24, 2.45) is 0 Å². The Morgan fingerprint density at radius 2 is 1.68 bits per heavy atom. The Labute approximate surface area is 233 Å². The highest BCUT2D eigenvalue weighted by molar-refractivity contribution is 6.05. The van der Waals surface area contributed by atoms with E-state index in [2.05, 4.69) is 10.6 Å². The van der Waals surface area contributed by atoms with Gasteiger partial charge in [0.25, 0.3) is 5.91 Å². The fraction of sp³-hybridized carbons (Fsp3) is 0.276. The second kappa shape index (κ2) is 12.4. The minimum absolute atomic E-state index is 0.0438. The van der Waals surface area contributed by atoms with Gasteiger partial charge in [0, 0.05) is 30.6 Å². The number of nitrogen functional groups attached to an aromatic ring is 1. The number of hydrogen-bond donors (Lipinski definition) is 4. The van der Waals surface area contributed by atoms with Crippen LogP contribution in [0.3, 0.4) is 0 Å². The van der Waals surface area contributed by atoms with Crippen LogP contribution in [0.1, 0.15) is 39.4 Å². The van der Waals surface area contributed by atoms with Gasteiger partial charge in [0.2, 0.25) is 5.91 Å². The summed E-state index contributed by atoms with van der Waals surface area (Å²) in [5.74, 6) is -2.85. The number of carboxylic acid groups (broad SMARTS) is 1. The van der Waals surface area contributed by atoms with Gasteiger partial charge in [-0.2, -0.15) is 13.2 Å². The van der Waals surface area contributed by atoms with Crippen LogP contribution in [0.5, 0.6) is 0 Å². The van der Waals surface area contributed by atoms with Crippen LogP contribution < -0.4 is 16.4 Å². The van der Waals surface area contributed by atoms with E-state index >= 15 is 0 Å². The number of alkyl halides is 3. The summed E-state index contributed by atoms with van der Waals surface area (Å²) in [5, 5.41) is 13.3. The smallest absolute Gasteiger partial charge is 0.475 e. The number of carbonyl (C=O) groups is 3. The average molecular weight is 573 g/mol. The number of hydrogen-bond acceptors (Lipinski definition) is 5. The van der Waals surface area contributed by atoms with Crippen molar-refractivity contribution in [2.45, 2.75) is 37.5 Å². The lowest BCUT2D eigenvalue weighted by atomic mass is 9.97. The van der Waals surface area contributed by atoms with Gasteiger partial charge in [-0.25, -0.2) is 9.18 Å². The molecule has 216 valence electrons. The lowest BCUT2D eigenvalue weighted by Gasteiger charge is -2.29. The topological polar surface area (TPSA) is 125 Å². The number of carboxylic acids is 1. The molecule has 0 saturated heterocycles. The van der Waals surface area contributed by atoms with Crippen LogP contribution in [-0.4, -0.2) is 53.1 Å². The Bertz CT molecular complexity index is 1430. The standard InChI is InChI=1S/C27H27FN4O2.C2HF3O2/c28-21-9-7-18(8-10-21)22-14-25(22)30-15-26(33)32-12-11-17-5-6-19(13-20(17)16-32)27(34)31-24-4-2-1-3-23(24)29;3-2(4,5)1(6)7/h1-10,13,22,25,30H,11-12,14-16,29H2,(H,31,34);(H,6,7). The molecule has 0 bridgehead atoms. The van der Waals surface area contributed by atoms with E-state index in [0.29, 0.717) is 35.9 Å². The van der Waals surface area contributed by atoms with Crippen molar-refractivity contribution in [1.82, 2.24) is 10.2 Å². The molecule has 1 aliphatic carbocycles. The zero-order chi connectivity index (χ0) is 29.7. The van der Waals surface area contributed by atoms with Crippen LogP contribution >= 0.6 is 0 Å². The molecule has 41 heavy (non-hydrogen) atoms. The monoisotopic (exact) mass is 572 g/mol. The van der Waals surface area contributed by atoms with Gasteiger partial charge in [-0.05, 0) is 65.9 Å². The minimum Gasteiger partial charge on any atom is -0.475 e. The molecule has 1 aliphatic heterocycles. The number of aliphatic carboxylic acids is 1. The van der Waals surface area contributed by atoms with Crippen LogP contribution in [0.2, 0.25) is 0 Å². The minimum atomic E-state index is -5.08. The summed E-state index contributed by atoms with van der Waals surface area (Å²) >= 11 is 0. The first-order valence-electron chi connectivity index (χ1n) is 12.8. The van der Waals surface area contributed by atoms with Crippen LogP contribution in [0.4, 0.5) is 28.9 Å². The van der Waals surface area contributed by atoms with Gasteiger partial charge >= 0.3 is 12.1 Å². The van der Waals surface area contributed by atoms with Crippen molar-refractivity contribution < 1.29 is 37.1 Å². The molecular formula is C29H28F4N4O4. The van der Waals surface area contributed by atoms with E-state index in [1.54, 1.807) is 12.1 Å². The molecule has 1 heterocycles. The number of benzene rings is 3. The van der Waals surface area contributed by atoms with Crippen LogP contribution in [-0.2, 0) is 22.6 Å². The largest absolute Gasteiger partial charge is 0.490 e. The molecule has 2 aliphatic rings. The normalized spacial score (nSPS) is 17.5. The summed E-state index contributed by atoms with van der Waals surface area (Å²) in [4.78, 5) is 36.3. The molecule has 5 rings (SSSR count). The number of nitrogens with two attached hydrogens (primary N) is 1. The van der Waals surface area contributed by atoms with Crippen LogP contribution in [0.25, 0.3) is 0 Å². The number of amides is 2.